The standard InChI is InChI=1S/C4H9.Ni/c1-3-4-2;/h1,3-4H2,2H3;/q-1;. The number of unbranched alkanes of at least 4 members (excludes halogenated alkanes) is 1. The molecule has 0 saturated carbocycles. The quantitative estimate of drug-likeness (QED) is 0.360. The van der Waals surface area contributed by atoms with Crippen molar-refractivity contribution in [3.63, 3.8) is 0 Å². The summed E-state index contributed by atoms with van der Waals surface area (Å²) < 4.78 is 0. The van der Waals surface area contributed by atoms with Crippen molar-refractivity contribution in [2.75, 3.05) is 0 Å². The second kappa shape index (κ2) is 8.82. The van der Waals surface area contributed by atoms with Crippen molar-refractivity contribution in [3.8, 4) is 0 Å². The molecule has 0 amide bonds. The Morgan fingerprint density at radius 3 is 1.80 bits per heavy atom. The van der Waals surface area contributed by atoms with E-state index in [4.69, 9.17) is 0 Å². The van der Waals surface area contributed by atoms with Crippen molar-refractivity contribution in [2.45, 2.75) is 19.8 Å². The second-order valence-electron chi connectivity index (χ2n) is 0.854. The Labute approximate surface area is 43.9 Å². The zero-order valence-corrected chi connectivity index (χ0v) is 4.43. The molecule has 0 aliphatic heterocycles. The third kappa shape index (κ3) is 12.5. The Morgan fingerprint density at radius 1 is 1.60 bits per heavy atom. The van der Waals surface area contributed by atoms with E-state index in [-0.39, 0.29) is 16.5 Å². The largest absolute Gasteiger partial charge is 0.343 e. The molecule has 1 heteroatoms. The molecule has 36 valence electrons. The summed E-state index contributed by atoms with van der Waals surface area (Å²) in [6.45, 7) is 5.72. The zero-order valence-electron chi connectivity index (χ0n) is 3.44. The summed E-state index contributed by atoms with van der Waals surface area (Å²) in [6.07, 6.45) is 2.28. The van der Waals surface area contributed by atoms with Gasteiger partial charge in [0.15, 0.2) is 0 Å². The monoisotopic (exact) mass is 115 g/mol. The minimum atomic E-state index is 0. The molecule has 0 N–H and O–H groups in total. The van der Waals surface area contributed by atoms with Crippen LogP contribution >= 0.6 is 0 Å². The molecule has 0 rings (SSSR count). The third-order valence-electron chi connectivity index (χ3n) is 0.354. The summed E-state index contributed by atoms with van der Waals surface area (Å²) in [6, 6.07) is 0. The molecule has 0 aromatic heterocycles. The van der Waals surface area contributed by atoms with Gasteiger partial charge in [-0.15, -0.1) is 0 Å². The van der Waals surface area contributed by atoms with E-state index in [9.17, 15) is 0 Å². The maximum atomic E-state index is 3.60. The van der Waals surface area contributed by atoms with Gasteiger partial charge >= 0.3 is 0 Å². The van der Waals surface area contributed by atoms with Gasteiger partial charge < -0.3 is 6.92 Å². The van der Waals surface area contributed by atoms with Crippen molar-refractivity contribution >= 4 is 0 Å². The molecule has 0 radical (unpaired) electrons. The predicted octanol–water partition coefficient (Wildman–Crippen LogP) is 1.62. The summed E-state index contributed by atoms with van der Waals surface area (Å²) in [5.41, 5.74) is 0. The van der Waals surface area contributed by atoms with Gasteiger partial charge in [-0.05, 0) is 0 Å². The van der Waals surface area contributed by atoms with Crippen LogP contribution in [0.25, 0.3) is 0 Å². The summed E-state index contributed by atoms with van der Waals surface area (Å²) in [5.74, 6) is 0. The predicted molar refractivity (Wildman–Crippen MR) is 20.3 cm³/mol. The summed E-state index contributed by atoms with van der Waals surface area (Å²) in [7, 11) is 0. The molecule has 0 aromatic carbocycles. The van der Waals surface area contributed by atoms with E-state index in [0.29, 0.717) is 0 Å². The minimum absolute atomic E-state index is 0. The van der Waals surface area contributed by atoms with Gasteiger partial charge in [-0.3, -0.25) is 0 Å². The van der Waals surface area contributed by atoms with Crippen molar-refractivity contribution in [3.05, 3.63) is 6.92 Å². The van der Waals surface area contributed by atoms with Crippen LogP contribution in [0.15, 0.2) is 0 Å². The van der Waals surface area contributed by atoms with Crippen molar-refractivity contribution in [1.29, 1.82) is 0 Å². The van der Waals surface area contributed by atoms with Crippen LogP contribution in [0.4, 0.5) is 0 Å². The third-order valence-corrected chi connectivity index (χ3v) is 0.354. The van der Waals surface area contributed by atoms with Gasteiger partial charge in [-0.2, -0.15) is 6.42 Å². The van der Waals surface area contributed by atoms with Gasteiger partial charge in [0, 0.05) is 16.5 Å². The molecule has 0 nitrogen and oxygen atoms in total. The fraction of sp³-hybridized carbons (Fsp3) is 0.750. The Bertz CT molecular complexity index is 5.61. The molecule has 0 fully saturated rings. The van der Waals surface area contributed by atoms with Crippen LogP contribution < -0.4 is 0 Å². The first-order chi connectivity index (χ1) is 1.91. The Morgan fingerprint density at radius 2 is 1.80 bits per heavy atom. The average molecular weight is 116 g/mol. The molecular formula is C4H9Ni-. The van der Waals surface area contributed by atoms with E-state index in [1.165, 1.54) is 6.42 Å². The first-order valence-corrected chi connectivity index (χ1v) is 1.71. The maximum Gasteiger partial charge on any atom is 0 e. The Balaban J connectivity index is 0. The van der Waals surface area contributed by atoms with E-state index in [1.54, 1.807) is 0 Å². The Hall–Kier alpha value is 0.494. The number of rotatable bonds is 1. The van der Waals surface area contributed by atoms with Crippen LogP contribution in [0.2, 0.25) is 0 Å². The van der Waals surface area contributed by atoms with E-state index in [2.05, 4.69) is 13.8 Å². The molecule has 0 saturated heterocycles. The second-order valence-corrected chi connectivity index (χ2v) is 0.854. The van der Waals surface area contributed by atoms with E-state index in [1.807, 2.05) is 0 Å². The molecule has 0 aliphatic rings. The van der Waals surface area contributed by atoms with Crippen LogP contribution in [-0.4, -0.2) is 0 Å². The van der Waals surface area contributed by atoms with Crippen LogP contribution in [0.1, 0.15) is 19.8 Å². The fourth-order valence-corrected chi connectivity index (χ4v) is 0. The van der Waals surface area contributed by atoms with Crippen molar-refractivity contribution in [2.24, 2.45) is 0 Å². The summed E-state index contributed by atoms with van der Waals surface area (Å²) >= 11 is 0. The molecule has 0 spiro atoms. The normalized spacial score (nSPS) is 6.00. The Kier molecular flexibility index (Phi) is 16.0. The van der Waals surface area contributed by atoms with Crippen LogP contribution in [-0.2, 0) is 16.5 Å². The number of hydrogen-bond donors (Lipinski definition) is 0. The van der Waals surface area contributed by atoms with Crippen LogP contribution in [0, 0.1) is 6.92 Å². The average Bonchev–Trinajstić information content (AvgIpc) is 1.37. The van der Waals surface area contributed by atoms with Crippen LogP contribution in [0.3, 0.4) is 0 Å². The first kappa shape index (κ1) is 9.09. The van der Waals surface area contributed by atoms with Crippen molar-refractivity contribution in [1.82, 2.24) is 0 Å². The molecule has 0 atom stereocenters. The maximum absolute atomic E-state index is 3.60. The summed E-state index contributed by atoms with van der Waals surface area (Å²) in [4.78, 5) is 0. The minimum Gasteiger partial charge on any atom is -0.343 e. The van der Waals surface area contributed by atoms with Gasteiger partial charge in [0.25, 0.3) is 0 Å². The molecule has 0 aromatic rings. The SMILES string of the molecule is [CH2-]CCC.[Ni]. The first-order valence-electron chi connectivity index (χ1n) is 1.71. The van der Waals surface area contributed by atoms with Gasteiger partial charge in [0.05, 0.1) is 0 Å². The van der Waals surface area contributed by atoms with Gasteiger partial charge in [0.2, 0.25) is 0 Å². The number of hydrogen-bond acceptors (Lipinski definition) is 0. The van der Waals surface area contributed by atoms with E-state index in [0.717, 1.165) is 6.42 Å². The van der Waals surface area contributed by atoms with Crippen LogP contribution in [0.5, 0.6) is 0 Å². The van der Waals surface area contributed by atoms with Gasteiger partial charge in [-0.25, -0.2) is 0 Å². The van der Waals surface area contributed by atoms with E-state index < -0.39 is 0 Å². The fourth-order valence-electron chi connectivity index (χ4n) is 0. The van der Waals surface area contributed by atoms with Gasteiger partial charge in [-0.1, -0.05) is 13.3 Å². The smallest absolute Gasteiger partial charge is 0 e. The van der Waals surface area contributed by atoms with Crippen molar-refractivity contribution < 1.29 is 16.5 Å². The summed E-state index contributed by atoms with van der Waals surface area (Å²) in [5, 5.41) is 0. The molecular weight excluding hydrogens is 107 g/mol. The van der Waals surface area contributed by atoms with E-state index >= 15 is 0 Å². The van der Waals surface area contributed by atoms with Gasteiger partial charge in [0.1, 0.15) is 0 Å². The zero-order chi connectivity index (χ0) is 3.41. The molecule has 0 aliphatic carbocycles. The molecule has 0 bridgehead atoms. The molecule has 0 heterocycles. The molecule has 5 heavy (non-hydrogen) atoms. The molecule has 0 unspecified atom stereocenters. The topological polar surface area (TPSA) is 0 Å².